The Labute approximate surface area is 224 Å². The van der Waals surface area contributed by atoms with Gasteiger partial charge in [-0.2, -0.15) is 0 Å². The average molecular weight is 568 g/mol. The number of nitrogens with zero attached hydrogens (tertiary/aromatic N) is 1. The summed E-state index contributed by atoms with van der Waals surface area (Å²) >= 11 is 12.2. The van der Waals surface area contributed by atoms with E-state index in [-0.39, 0.29) is 40.1 Å². The van der Waals surface area contributed by atoms with Crippen LogP contribution in [0, 0.1) is 5.82 Å². The number of anilines is 3. The lowest BCUT2D eigenvalue weighted by Gasteiger charge is -2.30. The van der Waals surface area contributed by atoms with Crippen LogP contribution in [0.5, 0.6) is 5.75 Å². The zero-order valence-corrected chi connectivity index (χ0v) is 21.9. The number of morpholine rings is 1. The van der Waals surface area contributed by atoms with Crippen LogP contribution in [0.2, 0.25) is 10.0 Å². The topological polar surface area (TPSA) is 97.0 Å². The van der Waals surface area contributed by atoms with Crippen LogP contribution in [-0.2, 0) is 19.6 Å². The first-order chi connectivity index (χ1) is 17.7. The van der Waals surface area contributed by atoms with E-state index in [1.807, 2.05) is 4.90 Å². The molecule has 1 aliphatic rings. The van der Waals surface area contributed by atoms with Gasteiger partial charge in [-0.1, -0.05) is 35.3 Å². The Morgan fingerprint density at radius 3 is 2.57 bits per heavy atom. The molecule has 1 heterocycles. The molecule has 1 aliphatic heterocycles. The lowest BCUT2D eigenvalue weighted by molar-refractivity contribution is -0.116. The second-order valence-corrected chi connectivity index (χ2v) is 10.6. The minimum Gasteiger partial charge on any atom is -0.490 e. The Morgan fingerprint density at radius 1 is 1.05 bits per heavy atom. The highest BCUT2D eigenvalue weighted by Gasteiger charge is 2.25. The number of hydrogen-bond acceptors (Lipinski definition) is 6. The van der Waals surface area contributed by atoms with Gasteiger partial charge >= 0.3 is 0 Å². The molecule has 0 aromatic heterocycles. The summed E-state index contributed by atoms with van der Waals surface area (Å²) < 4.78 is 53.9. The van der Waals surface area contributed by atoms with E-state index in [2.05, 4.69) is 10.0 Å². The molecule has 0 bridgehead atoms. The summed E-state index contributed by atoms with van der Waals surface area (Å²) in [4.78, 5) is 14.3. The highest BCUT2D eigenvalue weighted by molar-refractivity contribution is 7.93. The molecule has 1 saturated heterocycles. The van der Waals surface area contributed by atoms with Gasteiger partial charge in [-0.05, 0) is 48.5 Å². The number of sulfonamides is 1. The number of carbonyl (C=O) groups excluding carboxylic acids is 1. The maximum Gasteiger partial charge on any atom is 0.264 e. The van der Waals surface area contributed by atoms with Crippen LogP contribution < -0.4 is 19.7 Å². The van der Waals surface area contributed by atoms with Crippen molar-refractivity contribution in [2.24, 2.45) is 0 Å². The number of nitrogens with one attached hydrogen (secondary N) is 2. The summed E-state index contributed by atoms with van der Waals surface area (Å²) in [5.74, 6) is -0.905. The van der Waals surface area contributed by atoms with Gasteiger partial charge in [-0.3, -0.25) is 9.52 Å². The number of halogens is 3. The maximum atomic E-state index is 13.7. The van der Waals surface area contributed by atoms with Crippen molar-refractivity contribution in [2.45, 2.75) is 11.3 Å². The van der Waals surface area contributed by atoms with Gasteiger partial charge in [0.25, 0.3) is 10.0 Å². The van der Waals surface area contributed by atoms with Crippen molar-refractivity contribution in [3.8, 4) is 5.75 Å². The Kier molecular flexibility index (Phi) is 8.75. The molecule has 0 atom stereocenters. The van der Waals surface area contributed by atoms with E-state index in [9.17, 15) is 17.6 Å². The summed E-state index contributed by atoms with van der Waals surface area (Å²) in [7, 11) is -4.14. The Hall–Kier alpha value is -3.05. The molecule has 0 saturated carbocycles. The van der Waals surface area contributed by atoms with Crippen LogP contribution in [0.15, 0.2) is 65.6 Å². The number of amides is 1. The van der Waals surface area contributed by atoms with Gasteiger partial charge in [0.05, 0.1) is 42.6 Å². The van der Waals surface area contributed by atoms with Gasteiger partial charge < -0.3 is 19.7 Å². The molecule has 0 radical (unpaired) electrons. The summed E-state index contributed by atoms with van der Waals surface area (Å²) in [5, 5.41) is 3.17. The summed E-state index contributed by atoms with van der Waals surface area (Å²) in [6.07, 6.45) is -0.0714. The van der Waals surface area contributed by atoms with Crippen LogP contribution >= 0.6 is 23.2 Å². The van der Waals surface area contributed by atoms with Gasteiger partial charge in [0, 0.05) is 23.8 Å². The number of hydrogen-bond donors (Lipinski definition) is 2. The number of ether oxygens (including phenoxy) is 2. The minimum atomic E-state index is -4.14. The van der Waals surface area contributed by atoms with E-state index in [0.717, 1.165) is 0 Å². The van der Waals surface area contributed by atoms with E-state index in [1.165, 1.54) is 36.4 Å². The monoisotopic (exact) mass is 567 g/mol. The third-order valence-electron chi connectivity index (χ3n) is 5.48. The quantitative estimate of drug-likeness (QED) is 0.370. The third kappa shape index (κ3) is 7.04. The predicted octanol–water partition coefficient (Wildman–Crippen LogP) is 5.18. The summed E-state index contributed by atoms with van der Waals surface area (Å²) in [6.45, 7) is 1.85. The molecule has 0 unspecified atom stereocenters. The summed E-state index contributed by atoms with van der Waals surface area (Å²) in [5.41, 5.74) is 0.849. The first-order valence-electron chi connectivity index (χ1n) is 11.3. The van der Waals surface area contributed by atoms with E-state index < -0.39 is 21.7 Å². The van der Waals surface area contributed by atoms with Crippen molar-refractivity contribution in [3.63, 3.8) is 0 Å². The molecular weight excluding hydrogens is 544 g/mol. The lowest BCUT2D eigenvalue weighted by Crippen LogP contribution is -2.37. The van der Waals surface area contributed by atoms with Gasteiger partial charge in [-0.25, -0.2) is 12.8 Å². The molecule has 196 valence electrons. The largest absolute Gasteiger partial charge is 0.490 e. The van der Waals surface area contributed by atoms with Gasteiger partial charge in [0.15, 0.2) is 11.6 Å². The van der Waals surface area contributed by atoms with Crippen molar-refractivity contribution in [2.75, 3.05) is 47.8 Å². The standard InChI is InChI=1S/C25H24Cl2FN3O5S/c26-17-5-7-19(27)21(15-17)30-37(33,34)24-16-18(6-8-22(24)31-10-13-35-14-11-31)29-25(32)9-12-36-23-4-2-1-3-20(23)28/h1-8,15-16,30H,9-14H2,(H,29,32). The van der Waals surface area contributed by atoms with Crippen molar-refractivity contribution in [1.82, 2.24) is 0 Å². The van der Waals surface area contributed by atoms with Gasteiger partial charge in [0.2, 0.25) is 5.91 Å². The zero-order valence-electron chi connectivity index (χ0n) is 19.5. The molecule has 0 aliphatic carbocycles. The molecule has 12 heteroatoms. The van der Waals surface area contributed by atoms with E-state index in [4.69, 9.17) is 32.7 Å². The fourth-order valence-electron chi connectivity index (χ4n) is 3.69. The van der Waals surface area contributed by atoms with Crippen molar-refractivity contribution < 1.29 is 27.1 Å². The molecule has 2 N–H and O–H groups in total. The number of para-hydroxylation sites is 1. The predicted molar refractivity (Wildman–Crippen MR) is 142 cm³/mol. The fourth-order valence-corrected chi connectivity index (χ4v) is 5.40. The van der Waals surface area contributed by atoms with Crippen LogP contribution in [0.4, 0.5) is 21.5 Å². The molecule has 8 nitrogen and oxygen atoms in total. The number of carbonyl (C=O) groups is 1. The van der Waals surface area contributed by atoms with Gasteiger partial charge in [-0.15, -0.1) is 0 Å². The smallest absolute Gasteiger partial charge is 0.264 e. The van der Waals surface area contributed by atoms with Crippen molar-refractivity contribution >= 4 is 56.2 Å². The van der Waals surface area contributed by atoms with E-state index >= 15 is 0 Å². The Morgan fingerprint density at radius 2 is 1.81 bits per heavy atom. The lowest BCUT2D eigenvalue weighted by atomic mass is 10.2. The number of benzene rings is 3. The molecule has 3 aromatic carbocycles. The molecule has 1 amide bonds. The maximum absolute atomic E-state index is 13.7. The highest BCUT2D eigenvalue weighted by atomic mass is 35.5. The fraction of sp³-hybridized carbons (Fsp3) is 0.240. The molecule has 37 heavy (non-hydrogen) atoms. The van der Waals surface area contributed by atoms with E-state index in [0.29, 0.717) is 37.0 Å². The SMILES string of the molecule is O=C(CCOc1ccccc1F)Nc1ccc(N2CCOCC2)c(S(=O)(=O)Nc2cc(Cl)ccc2Cl)c1. The molecule has 3 aromatic rings. The molecule has 1 fully saturated rings. The van der Waals surface area contributed by atoms with Gasteiger partial charge in [0.1, 0.15) is 4.90 Å². The van der Waals surface area contributed by atoms with E-state index in [1.54, 1.807) is 24.3 Å². The van der Waals surface area contributed by atoms with Crippen LogP contribution in [0.25, 0.3) is 0 Å². The van der Waals surface area contributed by atoms with Crippen molar-refractivity contribution in [1.29, 1.82) is 0 Å². The Balaban J connectivity index is 1.54. The van der Waals surface area contributed by atoms with Crippen LogP contribution in [0.1, 0.15) is 6.42 Å². The zero-order chi connectivity index (χ0) is 26.4. The second kappa shape index (κ2) is 12.0. The minimum absolute atomic E-state index is 0.0456. The first-order valence-corrected chi connectivity index (χ1v) is 13.6. The summed E-state index contributed by atoms with van der Waals surface area (Å²) in [6, 6.07) is 15.0. The molecule has 4 rings (SSSR count). The first kappa shape index (κ1) is 27.0. The molecule has 0 spiro atoms. The normalized spacial score (nSPS) is 13.8. The molecular formula is C25H24Cl2FN3O5S. The van der Waals surface area contributed by atoms with Crippen molar-refractivity contribution in [3.05, 3.63) is 76.5 Å². The second-order valence-electron chi connectivity index (χ2n) is 8.09. The number of rotatable bonds is 9. The highest BCUT2D eigenvalue weighted by Crippen LogP contribution is 2.33. The van der Waals surface area contributed by atoms with Crippen LogP contribution in [-0.4, -0.2) is 47.2 Å². The average Bonchev–Trinajstić information content (AvgIpc) is 2.88. The van der Waals surface area contributed by atoms with Crippen LogP contribution in [0.3, 0.4) is 0 Å². The third-order valence-corrected chi connectivity index (χ3v) is 7.44. The Bertz CT molecular complexity index is 1380.